The highest BCUT2D eigenvalue weighted by atomic mass is 16.6. The number of rotatable bonds is 5. The number of benzene rings is 1. The topological polar surface area (TPSA) is 108 Å². The van der Waals surface area contributed by atoms with E-state index in [0.717, 1.165) is 19.3 Å². The number of amides is 1. The van der Waals surface area contributed by atoms with Crippen molar-refractivity contribution in [3.05, 3.63) is 34.4 Å². The molecule has 1 heterocycles. The van der Waals surface area contributed by atoms with Gasteiger partial charge in [-0.1, -0.05) is 0 Å². The van der Waals surface area contributed by atoms with E-state index in [2.05, 4.69) is 10.2 Å². The predicted octanol–water partition coefficient (Wildman–Crippen LogP) is 1.77. The molecular formula is C15H20N3O6+. The molecule has 0 unspecified atom stereocenters. The number of carbonyl (C=O) groups excluding carboxylic acids is 2. The number of carbonyl (C=O) groups is 2. The lowest BCUT2D eigenvalue weighted by atomic mass is 10.1. The van der Waals surface area contributed by atoms with Crippen molar-refractivity contribution >= 4 is 17.7 Å². The maximum absolute atomic E-state index is 12.6. The number of methoxy groups -OCH3 is 1. The lowest BCUT2D eigenvalue weighted by Crippen LogP contribution is -2.65. The van der Waals surface area contributed by atoms with Gasteiger partial charge in [-0.15, -0.1) is 10.0 Å². The average Bonchev–Trinajstić information content (AvgIpc) is 2.60. The van der Waals surface area contributed by atoms with Crippen LogP contribution in [0.1, 0.15) is 19.3 Å². The van der Waals surface area contributed by atoms with Crippen LogP contribution in [0.2, 0.25) is 0 Å². The molecule has 130 valence electrons. The third-order valence-corrected chi connectivity index (χ3v) is 3.94. The Morgan fingerprint density at radius 3 is 2.38 bits per heavy atom. The number of nitrogens with one attached hydrogen (secondary N) is 1. The highest BCUT2D eigenvalue weighted by molar-refractivity contribution is 5.71. The zero-order valence-electron chi connectivity index (χ0n) is 13.4. The third-order valence-electron chi connectivity index (χ3n) is 3.94. The summed E-state index contributed by atoms with van der Waals surface area (Å²) in [4.78, 5) is 34.1. The first kappa shape index (κ1) is 17.8. The number of nitro groups is 1. The predicted molar refractivity (Wildman–Crippen MR) is 83.0 cm³/mol. The van der Waals surface area contributed by atoms with Crippen LogP contribution >= 0.6 is 0 Å². The number of nitro benzene ring substituents is 1. The molecule has 1 aromatic carbocycles. The van der Waals surface area contributed by atoms with Gasteiger partial charge in [0.25, 0.3) is 5.69 Å². The highest BCUT2D eigenvalue weighted by Crippen LogP contribution is 2.22. The van der Waals surface area contributed by atoms with Crippen molar-refractivity contribution in [2.24, 2.45) is 0 Å². The maximum atomic E-state index is 12.6. The lowest BCUT2D eigenvalue weighted by molar-refractivity contribution is -0.903. The number of ether oxygens (including phenoxy) is 2. The monoisotopic (exact) mass is 338 g/mol. The van der Waals surface area contributed by atoms with Crippen LogP contribution in [-0.4, -0.2) is 48.3 Å². The average molecular weight is 338 g/mol. The molecule has 0 bridgehead atoms. The summed E-state index contributed by atoms with van der Waals surface area (Å²) >= 11 is 0. The first-order valence-electron chi connectivity index (χ1n) is 7.63. The molecule has 0 aromatic heterocycles. The SMILES string of the molecule is COC(=O)CN[N+]1(C(=O)Oc2ccc([N+](=O)[O-])cc2)CCCCC1. The Kier molecular flexibility index (Phi) is 5.83. The molecule has 9 heteroatoms. The summed E-state index contributed by atoms with van der Waals surface area (Å²) in [5.74, 6) is -0.255. The second kappa shape index (κ2) is 7.84. The van der Waals surface area contributed by atoms with Crippen LogP contribution in [0.15, 0.2) is 24.3 Å². The van der Waals surface area contributed by atoms with Crippen molar-refractivity contribution in [2.75, 3.05) is 26.7 Å². The smallest absolute Gasteiger partial charge is 0.468 e. The number of nitrogens with zero attached hydrogens (tertiary/aromatic N) is 2. The van der Waals surface area contributed by atoms with Crippen molar-refractivity contribution in [1.29, 1.82) is 0 Å². The summed E-state index contributed by atoms with van der Waals surface area (Å²) in [6.45, 7) is 0.900. The molecule has 0 atom stereocenters. The fraction of sp³-hybridized carbons (Fsp3) is 0.467. The second-order valence-corrected chi connectivity index (χ2v) is 5.51. The Morgan fingerprint density at radius 1 is 1.21 bits per heavy atom. The number of esters is 1. The van der Waals surface area contributed by atoms with Gasteiger partial charge >= 0.3 is 12.1 Å². The van der Waals surface area contributed by atoms with E-state index in [-0.39, 0.29) is 22.6 Å². The Morgan fingerprint density at radius 2 is 1.83 bits per heavy atom. The van der Waals surface area contributed by atoms with Gasteiger partial charge in [0.1, 0.15) is 25.4 Å². The van der Waals surface area contributed by atoms with Crippen molar-refractivity contribution < 1.29 is 28.6 Å². The number of hydrogen-bond acceptors (Lipinski definition) is 7. The standard InChI is InChI=1S/C15H20N3O6/c1-23-14(19)11-16-18(9-3-2-4-10-18)15(20)24-13-7-5-12(6-8-13)17(21)22/h5-8,16H,2-4,9-11H2,1H3/q+1. The van der Waals surface area contributed by atoms with E-state index in [1.165, 1.54) is 31.4 Å². The minimum Gasteiger partial charge on any atom is -0.468 e. The van der Waals surface area contributed by atoms with E-state index >= 15 is 0 Å². The van der Waals surface area contributed by atoms with Gasteiger partial charge in [-0.05, 0) is 31.4 Å². The van der Waals surface area contributed by atoms with Crippen molar-refractivity contribution in [3.8, 4) is 5.75 Å². The van der Waals surface area contributed by atoms with Crippen molar-refractivity contribution in [3.63, 3.8) is 0 Å². The molecule has 0 spiro atoms. The van der Waals surface area contributed by atoms with Crippen LogP contribution in [0.4, 0.5) is 10.5 Å². The molecule has 0 aliphatic carbocycles. The Labute approximate surface area is 138 Å². The number of quaternary nitrogens is 1. The molecule has 0 saturated carbocycles. The molecule has 24 heavy (non-hydrogen) atoms. The van der Waals surface area contributed by atoms with Gasteiger partial charge in [-0.2, -0.15) is 4.79 Å². The van der Waals surface area contributed by atoms with E-state index in [1.54, 1.807) is 0 Å². The van der Waals surface area contributed by atoms with Gasteiger partial charge in [0.15, 0.2) is 0 Å². The minimum absolute atomic E-state index is 0.0829. The lowest BCUT2D eigenvalue weighted by Gasteiger charge is -2.36. The normalized spacial score (nSPS) is 16.2. The van der Waals surface area contributed by atoms with E-state index in [1.807, 2.05) is 0 Å². The second-order valence-electron chi connectivity index (χ2n) is 5.51. The molecular weight excluding hydrogens is 318 g/mol. The van der Waals surface area contributed by atoms with Crippen LogP contribution in [0.25, 0.3) is 0 Å². The quantitative estimate of drug-likeness (QED) is 0.377. The number of piperidine rings is 1. The van der Waals surface area contributed by atoms with Gasteiger partial charge in [0.2, 0.25) is 0 Å². The molecule has 1 fully saturated rings. The van der Waals surface area contributed by atoms with Crippen LogP contribution in [0, 0.1) is 10.1 Å². The van der Waals surface area contributed by atoms with Crippen LogP contribution in [0.5, 0.6) is 5.75 Å². The number of non-ortho nitro benzene ring substituents is 1. The summed E-state index contributed by atoms with van der Waals surface area (Å²) in [5, 5.41) is 10.7. The molecule has 1 saturated heterocycles. The van der Waals surface area contributed by atoms with Gasteiger partial charge in [0.05, 0.1) is 12.0 Å². The molecule has 9 nitrogen and oxygen atoms in total. The van der Waals surface area contributed by atoms with Crippen molar-refractivity contribution in [2.45, 2.75) is 19.3 Å². The summed E-state index contributed by atoms with van der Waals surface area (Å²) in [6.07, 6.45) is 2.10. The van der Waals surface area contributed by atoms with Gasteiger partial charge in [-0.3, -0.25) is 14.9 Å². The van der Waals surface area contributed by atoms with Crippen LogP contribution in [0.3, 0.4) is 0 Å². The summed E-state index contributed by atoms with van der Waals surface area (Å²) < 4.78 is 9.77. The fourth-order valence-corrected chi connectivity index (χ4v) is 2.57. The first-order valence-corrected chi connectivity index (χ1v) is 7.63. The van der Waals surface area contributed by atoms with Crippen LogP contribution in [-0.2, 0) is 9.53 Å². The fourth-order valence-electron chi connectivity index (χ4n) is 2.57. The molecule has 1 aliphatic heterocycles. The maximum Gasteiger partial charge on any atom is 0.541 e. The molecule has 0 radical (unpaired) electrons. The van der Waals surface area contributed by atoms with E-state index < -0.39 is 17.0 Å². The Hall–Kier alpha value is -2.52. The summed E-state index contributed by atoms with van der Waals surface area (Å²) in [7, 11) is 1.28. The summed E-state index contributed by atoms with van der Waals surface area (Å²) in [5.41, 5.74) is 2.83. The van der Waals surface area contributed by atoms with E-state index in [4.69, 9.17) is 4.74 Å². The van der Waals surface area contributed by atoms with E-state index in [9.17, 15) is 19.7 Å². The highest BCUT2D eigenvalue weighted by Gasteiger charge is 2.41. The first-order chi connectivity index (χ1) is 11.5. The molecule has 2 rings (SSSR count). The molecule has 1 aromatic rings. The Bertz CT molecular complexity index is 610. The number of likely N-dealkylation sites (tertiary alicyclic amines) is 1. The zero-order valence-corrected chi connectivity index (χ0v) is 13.4. The third kappa shape index (κ3) is 4.27. The minimum atomic E-state index is -0.549. The Balaban J connectivity index is 2.09. The summed E-state index contributed by atoms with van der Waals surface area (Å²) in [6, 6.07) is 5.28. The van der Waals surface area contributed by atoms with Crippen molar-refractivity contribution in [1.82, 2.24) is 5.43 Å². The van der Waals surface area contributed by atoms with Gasteiger partial charge < -0.3 is 9.47 Å². The van der Waals surface area contributed by atoms with Crippen LogP contribution < -0.4 is 10.2 Å². The number of hydrogen-bond donors (Lipinski definition) is 1. The molecule has 1 amide bonds. The molecule has 1 aliphatic rings. The van der Waals surface area contributed by atoms with E-state index in [0.29, 0.717) is 13.1 Å². The molecule has 1 N–H and O–H groups in total. The largest absolute Gasteiger partial charge is 0.541 e. The zero-order chi connectivity index (χ0) is 17.6. The van der Waals surface area contributed by atoms with Gasteiger partial charge in [-0.25, -0.2) is 0 Å². The van der Waals surface area contributed by atoms with Gasteiger partial charge in [0, 0.05) is 12.1 Å².